The van der Waals surface area contributed by atoms with Crippen LogP contribution in [0, 0.1) is 0 Å². The van der Waals surface area contributed by atoms with Crippen LogP contribution in [-0.2, 0) is 9.59 Å². The molecule has 0 heterocycles. The van der Waals surface area contributed by atoms with Crippen LogP contribution in [0.15, 0.2) is 0 Å². The van der Waals surface area contributed by atoms with E-state index in [4.69, 9.17) is 5.73 Å². The van der Waals surface area contributed by atoms with E-state index in [1.165, 1.54) is 0 Å². The molecular weight excluding hydrogens is 318 g/mol. The Balaban J connectivity index is 3.51. The molecule has 0 aliphatic carbocycles. The van der Waals surface area contributed by atoms with E-state index < -0.39 is 6.04 Å². The summed E-state index contributed by atoms with van der Waals surface area (Å²) in [6.07, 6.45) is 5.98. The number of carbonyl (C=O) groups is 2. The van der Waals surface area contributed by atoms with Crippen LogP contribution in [0.3, 0.4) is 0 Å². The molecule has 0 rings (SSSR count). The highest BCUT2D eigenvalue weighted by atomic mass is 16.2. The molecular formula is C18H39N5O2. The zero-order valence-corrected chi connectivity index (χ0v) is 16.2. The summed E-state index contributed by atoms with van der Waals surface area (Å²) >= 11 is 0. The average molecular weight is 358 g/mol. The first kappa shape index (κ1) is 23.8. The summed E-state index contributed by atoms with van der Waals surface area (Å²) in [4.78, 5) is 23.6. The van der Waals surface area contributed by atoms with Crippen LogP contribution < -0.4 is 27.0 Å². The van der Waals surface area contributed by atoms with Crippen molar-refractivity contribution in [3.8, 4) is 0 Å². The zero-order chi connectivity index (χ0) is 18.8. The minimum absolute atomic E-state index is 0.0498. The number of carbonyl (C=O) groups excluding carboxylic acids is 2. The molecule has 0 aliphatic rings. The van der Waals surface area contributed by atoms with Crippen molar-refractivity contribution in [2.45, 2.75) is 64.8 Å². The lowest BCUT2D eigenvalue weighted by molar-refractivity contribution is -0.129. The molecule has 0 aromatic rings. The second-order valence-electron chi connectivity index (χ2n) is 6.27. The van der Waals surface area contributed by atoms with E-state index in [1.54, 1.807) is 0 Å². The zero-order valence-electron chi connectivity index (χ0n) is 16.2. The molecule has 7 nitrogen and oxygen atoms in total. The quantitative estimate of drug-likeness (QED) is 0.244. The Bertz CT molecular complexity index is 339. The lowest BCUT2D eigenvalue weighted by Crippen LogP contribution is -2.46. The van der Waals surface area contributed by atoms with E-state index in [0.717, 1.165) is 64.8 Å². The maximum absolute atomic E-state index is 12.0. The van der Waals surface area contributed by atoms with Crippen LogP contribution in [0.25, 0.3) is 0 Å². The van der Waals surface area contributed by atoms with Crippen molar-refractivity contribution < 1.29 is 9.59 Å². The standard InChI is InChI=1S/C18H39N5O2/c1-3-9-17(24)23-16(4-2)18(25)22-15-6-5-11-20-13-8-14-21-12-7-10-19/h16,20-21H,3-15,19H2,1-2H3,(H,22,25)(H,23,24)/t16-/m0/s1. The van der Waals surface area contributed by atoms with Crippen molar-refractivity contribution in [1.82, 2.24) is 21.3 Å². The topological polar surface area (TPSA) is 108 Å². The van der Waals surface area contributed by atoms with Crippen LogP contribution in [-0.4, -0.2) is 57.1 Å². The van der Waals surface area contributed by atoms with Gasteiger partial charge in [-0.25, -0.2) is 0 Å². The van der Waals surface area contributed by atoms with Crippen LogP contribution in [0.4, 0.5) is 0 Å². The first-order valence-electron chi connectivity index (χ1n) is 9.84. The van der Waals surface area contributed by atoms with Gasteiger partial charge in [-0.05, 0) is 71.2 Å². The number of hydrogen-bond acceptors (Lipinski definition) is 5. The van der Waals surface area contributed by atoms with E-state index in [0.29, 0.717) is 19.4 Å². The van der Waals surface area contributed by atoms with Gasteiger partial charge in [0.25, 0.3) is 0 Å². The number of hydrogen-bond donors (Lipinski definition) is 5. The minimum atomic E-state index is -0.413. The summed E-state index contributed by atoms with van der Waals surface area (Å²) in [5, 5.41) is 12.4. The number of unbranched alkanes of at least 4 members (excludes halogenated alkanes) is 1. The Morgan fingerprint density at radius 1 is 0.880 bits per heavy atom. The largest absolute Gasteiger partial charge is 0.354 e. The molecule has 0 unspecified atom stereocenters. The number of rotatable bonds is 17. The Labute approximate surface area is 153 Å². The van der Waals surface area contributed by atoms with Crippen LogP contribution in [0.5, 0.6) is 0 Å². The normalized spacial score (nSPS) is 12.0. The molecule has 2 amide bonds. The van der Waals surface area contributed by atoms with E-state index in [9.17, 15) is 9.59 Å². The summed E-state index contributed by atoms with van der Waals surface area (Å²) in [6, 6.07) is -0.413. The molecule has 6 N–H and O–H groups in total. The fourth-order valence-corrected chi connectivity index (χ4v) is 2.37. The highest BCUT2D eigenvalue weighted by Crippen LogP contribution is 1.95. The third-order valence-electron chi connectivity index (χ3n) is 3.88. The van der Waals surface area contributed by atoms with Gasteiger partial charge in [-0.3, -0.25) is 9.59 Å². The van der Waals surface area contributed by atoms with Crippen molar-refractivity contribution in [3.05, 3.63) is 0 Å². The molecule has 0 aromatic carbocycles. The predicted octanol–water partition coefficient (Wildman–Crippen LogP) is 0.496. The molecule has 0 saturated carbocycles. The van der Waals surface area contributed by atoms with Gasteiger partial charge in [0.05, 0.1) is 0 Å². The monoisotopic (exact) mass is 357 g/mol. The predicted molar refractivity (Wildman–Crippen MR) is 103 cm³/mol. The van der Waals surface area contributed by atoms with E-state index in [2.05, 4.69) is 21.3 Å². The highest BCUT2D eigenvalue weighted by Gasteiger charge is 2.17. The van der Waals surface area contributed by atoms with Gasteiger partial charge in [-0.1, -0.05) is 13.8 Å². The van der Waals surface area contributed by atoms with Gasteiger partial charge in [0.15, 0.2) is 0 Å². The lowest BCUT2D eigenvalue weighted by Gasteiger charge is -2.16. The Morgan fingerprint density at radius 2 is 1.48 bits per heavy atom. The number of amides is 2. The SMILES string of the molecule is CCCC(=O)N[C@@H](CC)C(=O)NCCCCNCCCNCCCN. The number of nitrogens with one attached hydrogen (secondary N) is 4. The second-order valence-corrected chi connectivity index (χ2v) is 6.27. The van der Waals surface area contributed by atoms with Gasteiger partial charge in [0, 0.05) is 13.0 Å². The smallest absolute Gasteiger partial charge is 0.242 e. The van der Waals surface area contributed by atoms with Gasteiger partial charge in [-0.15, -0.1) is 0 Å². The summed E-state index contributed by atoms with van der Waals surface area (Å²) in [6.45, 7) is 9.23. The third kappa shape index (κ3) is 14.8. The third-order valence-corrected chi connectivity index (χ3v) is 3.88. The molecule has 0 bridgehead atoms. The van der Waals surface area contributed by atoms with E-state index in [1.807, 2.05) is 13.8 Å². The van der Waals surface area contributed by atoms with Crippen LogP contribution in [0.1, 0.15) is 58.8 Å². The Hall–Kier alpha value is -1.18. The van der Waals surface area contributed by atoms with Crippen molar-refractivity contribution in [3.63, 3.8) is 0 Å². The highest BCUT2D eigenvalue weighted by molar-refractivity contribution is 5.87. The van der Waals surface area contributed by atoms with Crippen molar-refractivity contribution in [2.75, 3.05) is 39.3 Å². The second kappa shape index (κ2) is 17.6. The fourth-order valence-electron chi connectivity index (χ4n) is 2.37. The Kier molecular flexibility index (Phi) is 16.8. The van der Waals surface area contributed by atoms with Crippen molar-refractivity contribution in [1.29, 1.82) is 0 Å². The molecule has 0 fully saturated rings. The van der Waals surface area contributed by atoms with E-state index in [-0.39, 0.29) is 11.8 Å². The Morgan fingerprint density at radius 3 is 2.08 bits per heavy atom. The first-order chi connectivity index (χ1) is 12.2. The number of nitrogens with two attached hydrogens (primary N) is 1. The molecule has 148 valence electrons. The van der Waals surface area contributed by atoms with Crippen LogP contribution >= 0.6 is 0 Å². The summed E-state index contributed by atoms with van der Waals surface area (Å²) in [7, 11) is 0. The van der Waals surface area contributed by atoms with Gasteiger partial charge >= 0.3 is 0 Å². The van der Waals surface area contributed by atoms with Crippen LogP contribution in [0.2, 0.25) is 0 Å². The molecule has 0 radical (unpaired) electrons. The lowest BCUT2D eigenvalue weighted by atomic mass is 10.2. The van der Waals surface area contributed by atoms with Gasteiger partial charge in [-0.2, -0.15) is 0 Å². The molecule has 0 saturated heterocycles. The van der Waals surface area contributed by atoms with Gasteiger partial charge in [0.1, 0.15) is 6.04 Å². The molecule has 0 aliphatic heterocycles. The summed E-state index contributed by atoms with van der Waals surface area (Å²) < 4.78 is 0. The minimum Gasteiger partial charge on any atom is -0.354 e. The summed E-state index contributed by atoms with van der Waals surface area (Å²) in [5.74, 6) is -0.130. The maximum Gasteiger partial charge on any atom is 0.242 e. The van der Waals surface area contributed by atoms with Crippen molar-refractivity contribution in [2.24, 2.45) is 5.73 Å². The van der Waals surface area contributed by atoms with E-state index >= 15 is 0 Å². The molecule has 0 spiro atoms. The fraction of sp³-hybridized carbons (Fsp3) is 0.889. The van der Waals surface area contributed by atoms with Gasteiger partial charge < -0.3 is 27.0 Å². The first-order valence-corrected chi connectivity index (χ1v) is 9.84. The van der Waals surface area contributed by atoms with Crippen molar-refractivity contribution >= 4 is 11.8 Å². The average Bonchev–Trinajstić information content (AvgIpc) is 2.60. The molecule has 7 heteroatoms. The van der Waals surface area contributed by atoms with Gasteiger partial charge in [0.2, 0.25) is 11.8 Å². The summed E-state index contributed by atoms with van der Waals surface area (Å²) in [5.41, 5.74) is 5.43. The molecule has 25 heavy (non-hydrogen) atoms. The maximum atomic E-state index is 12.0. The molecule has 1 atom stereocenters. The molecule has 0 aromatic heterocycles.